The Kier molecular flexibility index (Phi) is 13.3. The van der Waals surface area contributed by atoms with Crippen molar-refractivity contribution in [2.75, 3.05) is 13.2 Å². The summed E-state index contributed by atoms with van der Waals surface area (Å²) in [5.74, 6) is 1.68. The van der Waals surface area contributed by atoms with Gasteiger partial charge in [-0.25, -0.2) is 0 Å². The Bertz CT molecular complexity index is 2310. The highest BCUT2D eigenvalue weighted by molar-refractivity contribution is 6.31. The van der Waals surface area contributed by atoms with Gasteiger partial charge >= 0.3 is 0 Å². The van der Waals surface area contributed by atoms with Crippen molar-refractivity contribution in [3.63, 3.8) is 0 Å². The average molecular weight is 815 g/mol. The zero-order valence-corrected chi connectivity index (χ0v) is 34.8. The number of hydrogen-bond donors (Lipinski definition) is 2. The fourth-order valence-corrected chi connectivity index (χ4v) is 8.36. The number of ether oxygens (including phenoxy) is 2. The number of rotatable bonds is 18. The number of nitrogens with zero attached hydrogens (tertiary/aromatic N) is 3. The number of halogens is 2. The molecule has 4 aromatic carbocycles. The van der Waals surface area contributed by atoms with Crippen LogP contribution < -0.4 is 20.9 Å². The molecule has 0 aliphatic carbocycles. The predicted molar refractivity (Wildman–Crippen MR) is 239 cm³/mol. The summed E-state index contributed by atoms with van der Waals surface area (Å²) >= 11 is 14.3. The molecule has 0 saturated carbocycles. The van der Waals surface area contributed by atoms with Gasteiger partial charge in [0.2, 0.25) is 0 Å². The van der Waals surface area contributed by atoms with Gasteiger partial charge in [0.1, 0.15) is 23.7 Å². The molecule has 0 bridgehead atoms. The summed E-state index contributed by atoms with van der Waals surface area (Å²) < 4.78 is 16.5. The first-order chi connectivity index (χ1) is 28.3. The molecule has 7 rings (SSSR count). The highest BCUT2D eigenvalue weighted by atomic mass is 35.5. The molecule has 0 spiro atoms. The topological polar surface area (TPSA) is 83.6 Å². The van der Waals surface area contributed by atoms with Gasteiger partial charge in [0.05, 0.1) is 24.6 Å². The second kappa shape index (κ2) is 18.9. The molecule has 6 aromatic rings. The molecule has 1 aliphatic heterocycles. The van der Waals surface area contributed by atoms with E-state index in [-0.39, 0.29) is 0 Å². The van der Waals surface area contributed by atoms with Gasteiger partial charge in [-0.15, -0.1) is 0 Å². The SMILES string of the molecule is CCCCCOc1ccc(-c2cccn2C(c2ccccc2Cl)N2C=CC=C(N)C2(N)C(c2ccccc2Cl)n2cccc2-c2ccc(OCCCCC)cc2)cc1. The summed E-state index contributed by atoms with van der Waals surface area (Å²) in [5.41, 5.74) is 19.9. The van der Waals surface area contributed by atoms with E-state index >= 15 is 0 Å². The number of hydrogen-bond acceptors (Lipinski definition) is 5. The van der Waals surface area contributed by atoms with Crippen LogP contribution in [-0.4, -0.2) is 32.9 Å². The van der Waals surface area contributed by atoms with Crippen LogP contribution in [0.4, 0.5) is 0 Å². The molecule has 0 amide bonds. The number of nitrogens with two attached hydrogens (primary N) is 2. The minimum atomic E-state index is -1.39. The maximum absolute atomic E-state index is 8.01. The van der Waals surface area contributed by atoms with E-state index in [1.54, 1.807) is 0 Å². The summed E-state index contributed by atoms with van der Waals surface area (Å²) in [6.07, 6.45) is 16.1. The molecule has 9 heteroatoms. The normalized spacial score (nSPS) is 16.2. The second-order valence-corrected chi connectivity index (χ2v) is 15.6. The Morgan fingerprint density at radius 2 is 1.10 bits per heavy atom. The van der Waals surface area contributed by atoms with Crippen molar-refractivity contribution in [2.45, 2.75) is 70.2 Å². The molecule has 4 N–H and O–H groups in total. The molecule has 3 heterocycles. The van der Waals surface area contributed by atoms with Crippen molar-refractivity contribution in [2.24, 2.45) is 11.5 Å². The largest absolute Gasteiger partial charge is 0.494 e. The lowest BCUT2D eigenvalue weighted by atomic mass is 9.86. The summed E-state index contributed by atoms with van der Waals surface area (Å²) in [5, 5.41) is 1.17. The van der Waals surface area contributed by atoms with Gasteiger partial charge < -0.3 is 35.0 Å². The third-order valence-electron chi connectivity index (χ3n) is 10.9. The lowest BCUT2D eigenvalue weighted by molar-refractivity contribution is 0.0762. The first-order valence-corrected chi connectivity index (χ1v) is 21.1. The van der Waals surface area contributed by atoms with Crippen molar-refractivity contribution >= 4 is 23.2 Å². The molecule has 58 heavy (non-hydrogen) atoms. The minimum absolute atomic E-state index is 0.464. The van der Waals surface area contributed by atoms with E-state index in [0.29, 0.717) is 29.0 Å². The Balaban J connectivity index is 1.35. The first kappa shape index (κ1) is 40.8. The lowest BCUT2D eigenvalue weighted by Gasteiger charge is -2.52. The first-order valence-electron chi connectivity index (χ1n) is 20.4. The van der Waals surface area contributed by atoms with Crippen molar-refractivity contribution in [3.05, 3.63) is 179 Å². The molecule has 0 fully saturated rings. The third-order valence-corrected chi connectivity index (χ3v) is 11.6. The molecule has 7 nitrogen and oxygen atoms in total. The van der Waals surface area contributed by atoms with Crippen LogP contribution in [0.5, 0.6) is 11.5 Å². The number of benzene rings is 4. The van der Waals surface area contributed by atoms with E-state index in [4.69, 9.17) is 44.1 Å². The second-order valence-electron chi connectivity index (χ2n) is 14.8. The summed E-state index contributed by atoms with van der Waals surface area (Å²) in [7, 11) is 0. The zero-order chi connectivity index (χ0) is 40.5. The predicted octanol–water partition coefficient (Wildman–Crippen LogP) is 12.2. The smallest absolute Gasteiger partial charge is 0.156 e. The van der Waals surface area contributed by atoms with Crippen LogP contribution in [0.2, 0.25) is 10.0 Å². The Morgan fingerprint density at radius 3 is 1.64 bits per heavy atom. The van der Waals surface area contributed by atoms with Gasteiger partial charge in [-0.05, 0) is 127 Å². The van der Waals surface area contributed by atoms with E-state index in [1.165, 1.54) is 0 Å². The van der Waals surface area contributed by atoms with Crippen LogP contribution in [0.1, 0.15) is 75.7 Å². The molecule has 3 unspecified atom stereocenters. The summed E-state index contributed by atoms with van der Waals surface area (Å²) in [6.45, 7) is 5.77. The maximum atomic E-state index is 8.01. The highest BCUT2D eigenvalue weighted by Crippen LogP contribution is 2.47. The van der Waals surface area contributed by atoms with Crippen molar-refractivity contribution < 1.29 is 9.47 Å². The van der Waals surface area contributed by atoms with Crippen LogP contribution >= 0.6 is 23.2 Å². The molecule has 1 aliphatic rings. The maximum Gasteiger partial charge on any atom is 0.156 e. The van der Waals surface area contributed by atoms with Crippen LogP contribution in [-0.2, 0) is 0 Å². The highest BCUT2D eigenvalue weighted by Gasteiger charge is 2.49. The Morgan fingerprint density at radius 1 is 0.603 bits per heavy atom. The van der Waals surface area contributed by atoms with E-state index in [9.17, 15) is 0 Å². The molecule has 0 radical (unpaired) electrons. The van der Waals surface area contributed by atoms with E-state index < -0.39 is 17.9 Å². The molecule has 0 saturated heterocycles. The van der Waals surface area contributed by atoms with Crippen molar-refractivity contribution in [3.8, 4) is 34.0 Å². The van der Waals surface area contributed by atoms with Crippen LogP contribution in [0.25, 0.3) is 22.5 Å². The summed E-state index contributed by atoms with van der Waals surface area (Å²) in [4.78, 5) is 2.13. The Labute approximate surface area is 353 Å². The molecular weight excluding hydrogens is 761 g/mol. The van der Waals surface area contributed by atoms with E-state index in [1.807, 2.05) is 109 Å². The van der Waals surface area contributed by atoms with Crippen molar-refractivity contribution in [1.82, 2.24) is 14.0 Å². The third kappa shape index (κ3) is 8.58. The number of unbranched alkanes of at least 4 members (excludes halogenated alkanes) is 4. The summed E-state index contributed by atoms with van der Waals surface area (Å²) in [6, 6.07) is 39.9. The van der Waals surface area contributed by atoms with Gasteiger partial charge in [-0.3, -0.25) is 0 Å². The fraction of sp³-hybridized carbons (Fsp3) is 0.265. The zero-order valence-electron chi connectivity index (χ0n) is 33.3. The number of aromatic nitrogens is 2. The van der Waals surface area contributed by atoms with Gasteiger partial charge in [-0.2, -0.15) is 0 Å². The minimum Gasteiger partial charge on any atom is -0.494 e. The fourth-order valence-electron chi connectivity index (χ4n) is 7.89. The van der Waals surface area contributed by atoms with Gasteiger partial charge in [-0.1, -0.05) is 99.1 Å². The quantitative estimate of drug-likeness (QED) is 0.0845. The van der Waals surface area contributed by atoms with Gasteiger partial charge in [0.15, 0.2) is 5.66 Å². The average Bonchev–Trinajstić information content (AvgIpc) is 3.93. The van der Waals surface area contributed by atoms with Crippen LogP contribution in [0, 0.1) is 0 Å². The molecule has 300 valence electrons. The Hall–Kier alpha value is -5.34. The van der Waals surface area contributed by atoms with Gasteiger partial charge in [0.25, 0.3) is 0 Å². The lowest BCUT2D eigenvalue weighted by Crippen LogP contribution is -2.64. The van der Waals surface area contributed by atoms with E-state index in [0.717, 1.165) is 83.7 Å². The number of allylic oxidation sites excluding steroid dienone is 2. The molecule has 2 aromatic heterocycles. The van der Waals surface area contributed by atoms with Crippen LogP contribution in [0.3, 0.4) is 0 Å². The van der Waals surface area contributed by atoms with E-state index in [2.05, 4.69) is 70.5 Å². The van der Waals surface area contributed by atoms with Crippen LogP contribution in [0.15, 0.2) is 158 Å². The molecular formula is C49H53Cl2N5O2. The standard InChI is InChI=1S/C49H53Cl2N5O2/c1-3-5-11-34-57-38-27-23-36(24-28-38)44-20-13-31-54(44)47(40-16-7-9-18-42(40)50)49(53)46(52)22-15-33-56(49)48(41-17-8-10-19-43(41)51)55-32-14-21-45(55)37-25-29-39(30-26-37)58-35-12-6-4-2/h7-10,13-33,47-48H,3-6,11-12,34-35,52-53H2,1-2H3. The van der Waals surface area contributed by atoms with Crippen molar-refractivity contribution in [1.29, 1.82) is 0 Å². The molecule has 3 atom stereocenters. The van der Waals surface area contributed by atoms with Gasteiger partial charge in [0, 0.05) is 39.9 Å². The monoisotopic (exact) mass is 813 g/mol.